The highest BCUT2D eigenvalue weighted by atomic mass is 16.5. The third kappa shape index (κ3) is 2.20. The SMILES string of the molecule is O=C(NCc1ccccc1)[C@@H]1C2C=CC(O2)[C@@H]1C(=O)O. The summed E-state index contributed by atoms with van der Waals surface area (Å²) in [6, 6.07) is 9.51. The summed E-state index contributed by atoms with van der Waals surface area (Å²) >= 11 is 0. The zero-order valence-corrected chi connectivity index (χ0v) is 10.7. The molecule has 5 heteroatoms. The molecular formula is C15H15NO4. The van der Waals surface area contributed by atoms with Gasteiger partial charge in [0.1, 0.15) is 5.92 Å². The maximum absolute atomic E-state index is 12.2. The number of benzene rings is 1. The first-order valence-corrected chi connectivity index (χ1v) is 6.55. The summed E-state index contributed by atoms with van der Waals surface area (Å²) < 4.78 is 5.48. The van der Waals surface area contributed by atoms with Crippen molar-refractivity contribution < 1.29 is 19.4 Å². The summed E-state index contributed by atoms with van der Waals surface area (Å²) in [6.45, 7) is 0.392. The largest absolute Gasteiger partial charge is 0.481 e. The summed E-state index contributed by atoms with van der Waals surface area (Å²) in [5.74, 6) is -2.69. The van der Waals surface area contributed by atoms with Crippen LogP contribution in [0.2, 0.25) is 0 Å². The van der Waals surface area contributed by atoms with E-state index < -0.39 is 30.0 Å². The molecule has 2 bridgehead atoms. The summed E-state index contributed by atoms with van der Waals surface area (Å²) in [6.07, 6.45) is 2.60. The number of fused-ring (bicyclic) bond motifs is 2. The number of carbonyl (C=O) groups is 2. The van der Waals surface area contributed by atoms with Crippen molar-refractivity contribution in [2.24, 2.45) is 11.8 Å². The van der Waals surface area contributed by atoms with E-state index in [1.165, 1.54) is 0 Å². The molecule has 0 aromatic heterocycles. The van der Waals surface area contributed by atoms with Gasteiger partial charge in [-0.1, -0.05) is 42.5 Å². The van der Waals surface area contributed by atoms with E-state index in [-0.39, 0.29) is 5.91 Å². The van der Waals surface area contributed by atoms with E-state index in [1.54, 1.807) is 12.2 Å². The highest BCUT2D eigenvalue weighted by Gasteiger charge is 2.53. The zero-order chi connectivity index (χ0) is 14.1. The molecule has 1 fully saturated rings. The fourth-order valence-electron chi connectivity index (χ4n) is 2.82. The molecule has 1 saturated heterocycles. The van der Waals surface area contributed by atoms with Gasteiger partial charge in [0.2, 0.25) is 5.91 Å². The summed E-state index contributed by atoms with van der Waals surface area (Å²) in [5, 5.41) is 12.0. The van der Waals surface area contributed by atoms with E-state index in [2.05, 4.69) is 5.32 Å². The van der Waals surface area contributed by atoms with Gasteiger partial charge < -0.3 is 15.2 Å². The van der Waals surface area contributed by atoms with Crippen LogP contribution in [0.25, 0.3) is 0 Å². The topological polar surface area (TPSA) is 75.6 Å². The van der Waals surface area contributed by atoms with Crippen LogP contribution in [-0.2, 0) is 20.9 Å². The van der Waals surface area contributed by atoms with Crippen LogP contribution in [0, 0.1) is 11.8 Å². The van der Waals surface area contributed by atoms with Crippen LogP contribution in [-0.4, -0.2) is 29.2 Å². The summed E-state index contributed by atoms with van der Waals surface area (Å²) in [4.78, 5) is 23.5. The molecule has 3 rings (SSSR count). The first-order chi connectivity index (χ1) is 9.66. The lowest BCUT2D eigenvalue weighted by molar-refractivity contribution is -0.146. The van der Waals surface area contributed by atoms with Crippen LogP contribution < -0.4 is 5.32 Å². The Hall–Kier alpha value is -2.14. The molecule has 0 saturated carbocycles. The number of nitrogens with one attached hydrogen (secondary N) is 1. The molecule has 104 valence electrons. The second kappa shape index (κ2) is 5.09. The number of rotatable bonds is 4. The van der Waals surface area contributed by atoms with Crippen LogP contribution in [0.15, 0.2) is 42.5 Å². The molecule has 1 aromatic rings. The molecule has 2 unspecified atom stereocenters. The minimum Gasteiger partial charge on any atom is -0.481 e. The maximum atomic E-state index is 12.2. The van der Waals surface area contributed by atoms with E-state index >= 15 is 0 Å². The molecule has 2 heterocycles. The molecule has 0 aliphatic carbocycles. The third-order valence-electron chi connectivity index (χ3n) is 3.80. The van der Waals surface area contributed by atoms with Crippen molar-refractivity contribution >= 4 is 11.9 Å². The smallest absolute Gasteiger partial charge is 0.310 e. The van der Waals surface area contributed by atoms with Crippen LogP contribution in [0.5, 0.6) is 0 Å². The Morgan fingerprint density at radius 2 is 1.75 bits per heavy atom. The summed E-state index contributed by atoms with van der Waals surface area (Å²) in [5.41, 5.74) is 0.979. The Balaban J connectivity index is 1.68. The predicted octanol–water partition coefficient (Wildman–Crippen LogP) is 0.957. The third-order valence-corrected chi connectivity index (χ3v) is 3.80. The Morgan fingerprint density at radius 1 is 1.10 bits per heavy atom. The second-order valence-electron chi connectivity index (χ2n) is 5.04. The number of amides is 1. The van der Waals surface area contributed by atoms with Crippen LogP contribution in [0.3, 0.4) is 0 Å². The Kier molecular flexibility index (Phi) is 3.28. The average molecular weight is 273 g/mol. The van der Waals surface area contributed by atoms with Gasteiger partial charge in [-0.2, -0.15) is 0 Å². The van der Waals surface area contributed by atoms with Crippen molar-refractivity contribution in [2.45, 2.75) is 18.8 Å². The number of carbonyl (C=O) groups excluding carboxylic acids is 1. The normalized spacial score (nSPS) is 30.4. The Morgan fingerprint density at radius 3 is 2.40 bits per heavy atom. The zero-order valence-electron chi connectivity index (χ0n) is 10.7. The minimum atomic E-state index is -0.985. The molecule has 5 nitrogen and oxygen atoms in total. The maximum Gasteiger partial charge on any atom is 0.310 e. The first-order valence-electron chi connectivity index (χ1n) is 6.55. The van der Waals surface area contributed by atoms with E-state index in [0.717, 1.165) is 5.56 Å². The molecule has 1 amide bonds. The Labute approximate surface area is 116 Å². The van der Waals surface area contributed by atoms with Gasteiger partial charge in [0.25, 0.3) is 0 Å². The number of hydrogen-bond acceptors (Lipinski definition) is 3. The molecule has 4 atom stereocenters. The van der Waals surface area contributed by atoms with Gasteiger partial charge in [0.05, 0.1) is 18.1 Å². The van der Waals surface area contributed by atoms with Crippen molar-refractivity contribution in [1.82, 2.24) is 5.32 Å². The van der Waals surface area contributed by atoms with Gasteiger partial charge in [0.15, 0.2) is 0 Å². The van der Waals surface area contributed by atoms with E-state index in [4.69, 9.17) is 4.74 Å². The highest BCUT2D eigenvalue weighted by Crippen LogP contribution is 2.39. The van der Waals surface area contributed by atoms with E-state index in [1.807, 2.05) is 30.3 Å². The predicted molar refractivity (Wildman–Crippen MR) is 70.7 cm³/mol. The first kappa shape index (κ1) is 12.9. The number of carboxylic acid groups (broad SMARTS) is 1. The van der Waals surface area contributed by atoms with Crippen molar-refractivity contribution in [1.29, 1.82) is 0 Å². The van der Waals surface area contributed by atoms with Gasteiger partial charge in [-0.15, -0.1) is 0 Å². The number of ether oxygens (including phenoxy) is 1. The average Bonchev–Trinajstić information content (AvgIpc) is 3.06. The molecule has 2 N–H and O–H groups in total. The lowest BCUT2D eigenvalue weighted by Gasteiger charge is -2.20. The van der Waals surface area contributed by atoms with Gasteiger partial charge in [-0.3, -0.25) is 9.59 Å². The fourth-order valence-corrected chi connectivity index (χ4v) is 2.82. The van der Waals surface area contributed by atoms with Crippen molar-refractivity contribution in [3.63, 3.8) is 0 Å². The molecule has 2 aliphatic rings. The second-order valence-corrected chi connectivity index (χ2v) is 5.04. The van der Waals surface area contributed by atoms with Crippen molar-refractivity contribution in [3.05, 3.63) is 48.0 Å². The van der Waals surface area contributed by atoms with Crippen molar-refractivity contribution in [2.75, 3.05) is 0 Å². The monoisotopic (exact) mass is 273 g/mol. The van der Waals surface area contributed by atoms with E-state index in [9.17, 15) is 14.7 Å². The lowest BCUT2D eigenvalue weighted by Crippen LogP contribution is -2.42. The minimum absolute atomic E-state index is 0.266. The van der Waals surface area contributed by atoms with Crippen molar-refractivity contribution in [3.8, 4) is 0 Å². The van der Waals surface area contributed by atoms with Crippen LogP contribution >= 0.6 is 0 Å². The Bertz CT molecular complexity index is 554. The molecule has 20 heavy (non-hydrogen) atoms. The molecule has 0 spiro atoms. The fraction of sp³-hybridized carbons (Fsp3) is 0.333. The molecule has 1 aromatic carbocycles. The number of hydrogen-bond donors (Lipinski definition) is 2. The van der Waals surface area contributed by atoms with Crippen LogP contribution in [0.4, 0.5) is 0 Å². The lowest BCUT2D eigenvalue weighted by atomic mass is 9.82. The standard InChI is InChI=1S/C15H15NO4/c17-14(16-8-9-4-2-1-3-5-9)12-10-6-7-11(20-10)13(12)15(18)19/h1-7,10-13H,8H2,(H,16,17)(H,18,19)/t10?,11?,12-,13+/m1/s1. The van der Waals surface area contributed by atoms with Gasteiger partial charge in [-0.05, 0) is 5.56 Å². The summed E-state index contributed by atoms with van der Waals surface area (Å²) in [7, 11) is 0. The van der Waals surface area contributed by atoms with Crippen LogP contribution in [0.1, 0.15) is 5.56 Å². The molecule has 0 radical (unpaired) electrons. The number of aliphatic carboxylic acids is 1. The van der Waals surface area contributed by atoms with Gasteiger partial charge in [-0.25, -0.2) is 0 Å². The van der Waals surface area contributed by atoms with E-state index in [0.29, 0.717) is 6.54 Å². The quantitative estimate of drug-likeness (QED) is 0.801. The highest BCUT2D eigenvalue weighted by molar-refractivity contribution is 5.87. The number of carboxylic acids is 1. The molecule has 2 aliphatic heterocycles. The van der Waals surface area contributed by atoms with Gasteiger partial charge in [0, 0.05) is 6.54 Å². The molecular weight excluding hydrogens is 258 g/mol. The van der Waals surface area contributed by atoms with Gasteiger partial charge >= 0.3 is 5.97 Å².